The van der Waals surface area contributed by atoms with E-state index in [1.54, 1.807) is 0 Å². The summed E-state index contributed by atoms with van der Waals surface area (Å²) < 4.78 is 48.9. The maximum absolute atomic E-state index is 12.6. The van der Waals surface area contributed by atoms with Crippen molar-refractivity contribution in [1.82, 2.24) is 0 Å². The summed E-state index contributed by atoms with van der Waals surface area (Å²) in [6.45, 7) is 0. The lowest BCUT2D eigenvalue weighted by atomic mass is 10.0. The maximum Gasteiger partial charge on any atom is 0.418 e. The number of hydrogen-bond acceptors (Lipinski definition) is 2. The largest absolute Gasteiger partial charge is 0.418 e. The van der Waals surface area contributed by atoms with Crippen molar-refractivity contribution in [3.63, 3.8) is 0 Å². The zero-order valence-corrected chi connectivity index (χ0v) is 7.22. The van der Waals surface area contributed by atoms with Gasteiger partial charge in [-0.25, -0.2) is 4.39 Å². The van der Waals surface area contributed by atoms with E-state index in [4.69, 9.17) is 10.4 Å². The topological polar surface area (TPSA) is 44.0 Å². The lowest BCUT2D eigenvalue weighted by Gasteiger charge is -2.15. The number of halogens is 4. The molecule has 0 spiro atoms. The van der Waals surface area contributed by atoms with E-state index in [1.165, 1.54) is 6.07 Å². The number of nitriles is 1. The Morgan fingerprint density at radius 3 is 2.40 bits per heavy atom. The number of alkyl halides is 3. The average Bonchev–Trinajstić information content (AvgIpc) is 2.15. The van der Waals surface area contributed by atoms with Crippen molar-refractivity contribution in [2.24, 2.45) is 0 Å². The molecular weight excluding hydrogens is 214 g/mol. The Balaban J connectivity index is 3.24. The molecule has 0 aliphatic heterocycles. The summed E-state index contributed by atoms with van der Waals surface area (Å²) in [6.07, 6.45) is -7.76. The van der Waals surface area contributed by atoms with Crippen LogP contribution in [0.15, 0.2) is 18.2 Å². The van der Waals surface area contributed by atoms with E-state index < -0.39 is 29.2 Å². The molecule has 15 heavy (non-hydrogen) atoms. The number of rotatable bonds is 1. The third kappa shape index (κ3) is 2.44. The van der Waals surface area contributed by atoms with Gasteiger partial charge < -0.3 is 5.11 Å². The third-order valence-corrected chi connectivity index (χ3v) is 1.74. The molecule has 80 valence electrons. The van der Waals surface area contributed by atoms with Gasteiger partial charge >= 0.3 is 6.18 Å². The van der Waals surface area contributed by atoms with E-state index >= 15 is 0 Å². The monoisotopic (exact) mass is 219 g/mol. The molecule has 1 aromatic rings. The molecule has 6 heteroatoms. The summed E-state index contributed by atoms with van der Waals surface area (Å²) in [5.74, 6) is -0.938. The van der Waals surface area contributed by atoms with Crippen LogP contribution in [0.1, 0.15) is 17.2 Å². The number of benzene rings is 1. The van der Waals surface area contributed by atoms with Crippen molar-refractivity contribution in [3.8, 4) is 6.07 Å². The Labute approximate surface area is 82.4 Å². The van der Waals surface area contributed by atoms with Crippen LogP contribution >= 0.6 is 0 Å². The van der Waals surface area contributed by atoms with E-state index in [0.717, 1.165) is 12.1 Å². The predicted octanol–water partition coefficient (Wildman–Crippen LogP) is 2.29. The number of nitrogens with zero attached hydrogens (tertiary/aromatic N) is 1. The third-order valence-electron chi connectivity index (χ3n) is 1.74. The van der Waals surface area contributed by atoms with Crippen LogP contribution in [0.25, 0.3) is 0 Å². The minimum absolute atomic E-state index is 0.402. The van der Waals surface area contributed by atoms with Crippen LogP contribution in [0, 0.1) is 17.1 Å². The molecule has 0 fully saturated rings. The standard InChI is InChI=1S/C9H5F4NO/c10-6-2-1-5(4-14)7(3-6)8(15)9(11,12)13/h1-3,8,15H. The fraction of sp³-hybridized carbons (Fsp3) is 0.222. The van der Waals surface area contributed by atoms with Gasteiger partial charge in [0.15, 0.2) is 6.10 Å². The molecule has 0 bridgehead atoms. The molecule has 2 nitrogen and oxygen atoms in total. The molecule has 1 aromatic carbocycles. The van der Waals surface area contributed by atoms with Crippen LogP contribution in [0.4, 0.5) is 17.6 Å². The van der Waals surface area contributed by atoms with Gasteiger partial charge in [0.05, 0.1) is 11.6 Å². The first-order valence-corrected chi connectivity index (χ1v) is 3.80. The van der Waals surface area contributed by atoms with Gasteiger partial charge in [-0.2, -0.15) is 18.4 Å². The second-order valence-electron chi connectivity index (χ2n) is 2.79. The van der Waals surface area contributed by atoms with Crippen molar-refractivity contribution in [2.75, 3.05) is 0 Å². The van der Waals surface area contributed by atoms with Gasteiger partial charge in [0, 0.05) is 5.56 Å². The number of aliphatic hydroxyl groups is 1. The summed E-state index contributed by atoms with van der Waals surface area (Å²) in [7, 11) is 0. The molecule has 1 unspecified atom stereocenters. The summed E-state index contributed by atoms with van der Waals surface area (Å²) in [5, 5.41) is 17.3. The van der Waals surface area contributed by atoms with E-state index in [9.17, 15) is 17.6 Å². The van der Waals surface area contributed by atoms with Crippen LogP contribution in [-0.4, -0.2) is 11.3 Å². The second kappa shape index (κ2) is 3.87. The first-order valence-electron chi connectivity index (χ1n) is 3.80. The highest BCUT2D eigenvalue weighted by Gasteiger charge is 2.40. The SMILES string of the molecule is N#Cc1ccc(F)cc1C(O)C(F)(F)F. The zero-order valence-electron chi connectivity index (χ0n) is 7.22. The van der Waals surface area contributed by atoms with E-state index in [2.05, 4.69) is 0 Å². The molecule has 0 amide bonds. The minimum atomic E-state index is -4.92. The molecule has 0 saturated carbocycles. The Hall–Kier alpha value is -1.61. The van der Waals surface area contributed by atoms with Crippen molar-refractivity contribution in [1.29, 1.82) is 5.26 Å². The Morgan fingerprint density at radius 1 is 1.33 bits per heavy atom. The van der Waals surface area contributed by atoms with Gasteiger partial charge in [-0.3, -0.25) is 0 Å². The average molecular weight is 219 g/mol. The van der Waals surface area contributed by atoms with Crippen molar-refractivity contribution < 1.29 is 22.7 Å². The normalized spacial score (nSPS) is 13.3. The first kappa shape index (κ1) is 11.5. The fourth-order valence-electron chi connectivity index (χ4n) is 1.04. The smallest absolute Gasteiger partial charge is 0.379 e. The summed E-state index contributed by atoms with van der Waals surface area (Å²) in [4.78, 5) is 0. The van der Waals surface area contributed by atoms with Crippen molar-refractivity contribution in [3.05, 3.63) is 35.1 Å². The van der Waals surface area contributed by atoms with Crippen LogP contribution in [0.5, 0.6) is 0 Å². The molecule has 1 N–H and O–H groups in total. The predicted molar refractivity (Wildman–Crippen MR) is 42.1 cm³/mol. The van der Waals surface area contributed by atoms with Crippen molar-refractivity contribution in [2.45, 2.75) is 12.3 Å². The van der Waals surface area contributed by atoms with Crippen LogP contribution in [-0.2, 0) is 0 Å². The van der Waals surface area contributed by atoms with Gasteiger partial charge in [0.1, 0.15) is 5.82 Å². The molecule has 0 saturated heterocycles. The number of hydrogen-bond donors (Lipinski definition) is 1. The molecule has 1 atom stereocenters. The molecule has 1 rings (SSSR count). The van der Waals surface area contributed by atoms with Gasteiger partial charge in [-0.1, -0.05) is 0 Å². The first-order chi connectivity index (χ1) is 6.86. The second-order valence-corrected chi connectivity index (χ2v) is 2.79. The maximum atomic E-state index is 12.6. The number of aliphatic hydroxyl groups excluding tert-OH is 1. The van der Waals surface area contributed by atoms with Gasteiger partial charge in [0.2, 0.25) is 0 Å². The summed E-state index contributed by atoms with van der Waals surface area (Å²) >= 11 is 0. The van der Waals surface area contributed by atoms with E-state index in [1.807, 2.05) is 0 Å². The highest BCUT2D eigenvalue weighted by atomic mass is 19.4. The lowest BCUT2D eigenvalue weighted by Crippen LogP contribution is -2.21. The van der Waals surface area contributed by atoms with Crippen LogP contribution in [0.2, 0.25) is 0 Å². The van der Waals surface area contributed by atoms with Crippen LogP contribution < -0.4 is 0 Å². The Morgan fingerprint density at radius 2 is 1.93 bits per heavy atom. The zero-order chi connectivity index (χ0) is 11.6. The minimum Gasteiger partial charge on any atom is -0.379 e. The lowest BCUT2D eigenvalue weighted by molar-refractivity contribution is -0.206. The quantitative estimate of drug-likeness (QED) is 0.736. The van der Waals surface area contributed by atoms with Gasteiger partial charge in [-0.15, -0.1) is 0 Å². The molecular formula is C9H5F4NO. The fourth-order valence-corrected chi connectivity index (χ4v) is 1.04. The molecule has 0 radical (unpaired) electrons. The summed E-state index contributed by atoms with van der Waals surface area (Å²) in [5.41, 5.74) is -1.17. The highest BCUT2D eigenvalue weighted by molar-refractivity contribution is 5.39. The molecule has 0 aliphatic carbocycles. The van der Waals surface area contributed by atoms with E-state index in [-0.39, 0.29) is 0 Å². The molecule has 0 aromatic heterocycles. The molecule has 0 aliphatic rings. The van der Waals surface area contributed by atoms with Crippen LogP contribution in [0.3, 0.4) is 0 Å². The van der Waals surface area contributed by atoms with Crippen molar-refractivity contribution >= 4 is 0 Å². The van der Waals surface area contributed by atoms with E-state index in [0.29, 0.717) is 6.07 Å². The highest BCUT2D eigenvalue weighted by Crippen LogP contribution is 2.34. The van der Waals surface area contributed by atoms with Gasteiger partial charge in [0.25, 0.3) is 0 Å². The summed E-state index contributed by atoms with van der Waals surface area (Å²) in [6, 6.07) is 3.69. The van der Waals surface area contributed by atoms with Gasteiger partial charge in [-0.05, 0) is 18.2 Å². The Bertz CT molecular complexity index is 408. The Kier molecular flexibility index (Phi) is 2.95. The molecule has 0 heterocycles.